The number of hydrogen-bond donors (Lipinski definition) is 2. The van der Waals surface area contributed by atoms with Crippen LogP contribution in [0.3, 0.4) is 0 Å². The van der Waals surface area contributed by atoms with Gasteiger partial charge >= 0.3 is 0 Å². The third-order valence-corrected chi connectivity index (χ3v) is 3.81. The van der Waals surface area contributed by atoms with Crippen LogP contribution in [0.1, 0.15) is 31.1 Å². The van der Waals surface area contributed by atoms with Crippen LogP contribution >= 0.6 is 11.6 Å². The highest BCUT2D eigenvalue weighted by molar-refractivity contribution is 6.31. The maximum atomic E-state index is 12.5. The molecule has 0 saturated heterocycles. The summed E-state index contributed by atoms with van der Waals surface area (Å²) in [5, 5.41) is 6.08. The van der Waals surface area contributed by atoms with Gasteiger partial charge in [0.15, 0.2) is 5.75 Å². The van der Waals surface area contributed by atoms with Crippen LogP contribution in [0.25, 0.3) is 0 Å². The molecule has 0 saturated carbocycles. The van der Waals surface area contributed by atoms with Crippen molar-refractivity contribution in [2.24, 2.45) is 5.41 Å². The van der Waals surface area contributed by atoms with Gasteiger partial charge in [-0.25, -0.2) is 0 Å². The van der Waals surface area contributed by atoms with E-state index in [0.717, 1.165) is 0 Å². The van der Waals surface area contributed by atoms with Gasteiger partial charge in [-0.1, -0.05) is 32.4 Å². The van der Waals surface area contributed by atoms with Crippen LogP contribution in [-0.4, -0.2) is 11.8 Å². The molecule has 0 aliphatic carbocycles. The van der Waals surface area contributed by atoms with Crippen LogP contribution in [0.5, 0.6) is 11.5 Å². The molecule has 0 bridgehead atoms. The molecule has 5 nitrogen and oxygen atoms in total. The lowest BCUT2D eigenvalue weighted by molar-refractivity contribution is -0.123. The minimum Gasteiger partial charge on any atom is -0.454 e. The molecule has 2 aromatic rings. The SMILES string of the molecule is CC(C)(C)C(=O)Nc1ccc2c(c1)C(=O)Nc1cc(Cl)ccc1O2. The second-order valence-corrected chi connectivity index (χ2v) is 7.05. The van der Waals surface area contributed by atoms with Gasteiger partial charge in [-0.05, 0) is 36.4 Å². The number of hydrogen-bond acceptors (Lipinski definition) is 3. The van der Waals surface area contributed by atoms with E-state index in [0.29, 0.717) is 33.5 Å². The Morgan fingerprint density at radius 2 is 1.83 bits per heavy atom. The summed E-state index contributed by atoms with van der Waals surface area (Å²) in [6.07, 6.45) is 0. The molecule has 0 radical (unpaired) electrons. The fraction of sp³-hybridized carbons (Fsp3) is 0.222. The van der Waals surface area contributed by atoms with Crippen molar-refractivity contribution in [1.82, 2.24) is 0 Å². The number of carbonyl (C=O) groups is 2. The second kappa shape index (κ2) is 5.83. The lowest BCUT2D eigenvalue weighted by Gasteiger charge is -2.18. The minimum atomic E-state index is -0.529. The molecule has 0 unspecified atom stereocenters. The molecule has 1 heterocycles. The maximum Gasteiger partial charge on any atom is 0.259 e. The molecule has 24 heavy (non-hydrogen) atoms. The molecule has 0 spiro atoms. The van der Waals surface area contributed by atoms with Gasteiger partial charge < -0.3 is 15.4 Å². The number of anilines is 2. The summed E-state index contributed by atoms with van der Waals surface area (Å²) in [7, 11) is 0. The van der Waals surface area contributed by atoms with E-state index >= 15 is 0 Å². The Morgan fingerprint density at radius 3 is 2.54 bits per heavy atom. The number of rotatable bonds is 1. The third kappa shape index (κ3) is 3.21. The number of benzene rings is 2. The summed E-state index contributed by atoms with van der Waals surface area (Å²) >= 11 is 5.96. The Morgan fingerprint density at radius 1 is 1.12 bits per heavy atom. The molecule has 2 amide bonds. The van der Waals surface area contributed by atoms with Gasteiger partial charge in [-0.15, -0.1) is 0 Å². The fourth-order valence-electron chi connectivity index (χ4n) is 2.19. The number of halogens is 1. The molecule has 1 aliphatic rings. The standard InChI is InChI=1S/C18H17ClN2O3/c1-18(2,3)17(23)20-11-5-7-14-12(9-11)16(22)21-13-8-10(19)4-6-15(13)24-14/h4-9H,1-3H3,(H,20,23)(H,21,22). The summed E-state index contributed by atoms with van der Waals surface area (Å²) in [5.74, 6) is 0.477. The lowest BCUT2D eigenvalue weighted by Crippen LogP contribution is -2.27. The first-order chi connectivity index (χ1) is 11.2. The monoisotopic (exact) mass is 344 g/mol. The van der Waals surface area contributed by atoms with Gasteiger partial charge in [-0.2, -0.15) is 0 Å². The van der Waals surface area contributed by atoms with Crippen LogP contribution in [0.4, 0.5) is 11.4 Å². The fourth-order valence-corrected chi connectivity index (χ4v) is 2.36. The smallest absolute Gasteiger partial charge is 0.259 e. The summed E-state index contributed by atoms with van der Waals surface area (Å²) in [6, 6.07) is 9.98. The van der Waals surface area contributed by atoms with Gasteiger partial charge in [0, 0.05) is 16.1 Å². The number of ether oxygens (including phenoxy) is 1. The van der Waals surface area contributed by atoms with Gasteiger partial charge in [0.25, 0.3) is 5.91 Å². The molecule has 6 heteroatoms. The normalized spacial score (nSPS) is 13.1. The van der Waals surface area contributed by atoms with Crippen molar-refractivity contribution in [3.63, 3.8) is 0 Å². The van der Waals surface area contributed by atoms with E-state index in [1.54, 1.807) is 36.4 Å². The van der Waals surface area contributed by atoms with E-state index in [1.807, 2.05) is 20.8 Å². The third-order valence-electron chi connectivity index (χ3n) is 3.57. The van der Waals surface area contributed by atoms with Crippen molar-refractivity contribution >= 4 is 34.8 Å². The summed E-state index contributed by atoms with van der Waals surface area (Å²) < 4.78 is 5.80. The average Bonchev–Trinajstić information content (AvgIpc) is 2.62. The summed E-state index contributed by atoms with van der Waals surface area (Å²) in [4.78, 5) is 24.6. The van der Waals surface area contributed by atoms with Crippen molar-refractivity contribution < 1.29 is 14.3 Å². The van der Waals surface area contributed by atoms with Crippen molar-refractivity contribution in [2.75, 3.05) is 10.6 Å². The Kier molecular flexibility index (Phi) is 3.97. The highest BCUT2D eigenvalue weighted by Crippen LogP contribution is 2.38. The van der Waals surface area contributed by atoms with Gasteiger partial charge in [0.05, 0.1) is 11.3 Å². The molecule has 0 atom stereocenters. The van der Waals surface area contributed by atoms with E-state index in [2.05, 4.69) is 10.6 Å². The molecular formula is C18H17ClN2O3. The molecule has 0 aromatic heterocycles. The van der Waals surface area contributed by atoms with E-state index < -0.39 is 5.41 Å². The van der Waals surface area contributed by atoms with Gasteiger partial charge in [-0.3, -0.25) is 9.59 Å². The van der Waals surface area contributed by atoms with E-state index in [-0.39, 0.29) is 11.8 Å². The van der Waals surface area contributed by atoms with Crippen LogP contribution in [0.15, 0.2) is 36.4 Å². The largest absolute Gasteiger partial charge is 0.454 e. The van der Waals surface area contributed by atoms with E-state index in [9.17, 15) is 9.59 Å². The Balaban J connectivity index is 1.94. The quantitative estimate of drug-likeness (QED) is 0.789. The zero-order chi connectivity index (χ0) is 17.5. The second-order valence-electron chi connectivity index (χ2n) is 6.61. The molecule has 124 valence electrons. The predicted molar refractivity (Wildman–Crippen MR) is 94.0 cm³/mol. The number of amides is 2. The lowest BCUT2D eigenvalue weighted by atomic mass is 9.95. The number of fused-ring (bicyclic) bond motifs is 2. The average molecular weight is 345 g/mol. The molecule has 1 aliphatic heterocycles. The first-order valence-corrected chi connectivity index (χ1v) is 7.86. The van der Waals surface area contributed by atoms with Gasteiger partial charge in [0.1, 0.15) is 5.75 Å². The first-order valence-electron chi connectivity index (χ1n) is 7.48. The van der Waals surface area contributed by atoms with Crippen molar-refractivity contribution in [2.45, 2.75) is 20.8 Å². The highest BCUT2D eigenvalue weighted by atomic mass is 35.5. The number of carbonyl (C=O) groups excluding carboxylic acids is 2. The topological polar surface area (TPSA) is 67.4 Å². The minimum absolute atomic E-state index is 0.132. The predicted octanol–water partition coefficient (Wildman–Crippen LogP) is 4.68. The molecular weight excluding hydrogens is 328 g/mol. The Hall–Kier alpha value is -2.53. The maximum absolute atomic E-state index is 12.5. The van der Waals surface area contributed by atoms with Crippen molar-refractivity contribution in [1.29, 1.82) is 0 Å². The van der Waals surface area contributed by atoms with E-state index in [4.69, 9.17) is 16.3 Å². The van der Waals surface area contributed by atoms with Crippen LogP contribution in [0.2, 0.25) is 5.02 Å². The van der Waals surface area contributed by atoms with Crippen LogP contribution in [-0.2, 0) is 4.79 Å². The molecule has 0 fully saturated rings. The summed E-state index contributed by atoms with van der Waals surface area (Å²) in [5.41, 5.74) is 0.854. The zero-order valence-corrected chi connectivity index (χ0v) is 14.3. The summed E-state index contributed by atoms with van der Waals surface area (Å²) in [6.45, 7) is 5.46. The van der Waals surface area contributed by atoms with Crippen LogP contribution in [0, 0.1) is 5.41 Å². The van der Waals surface area contributed by atoms with Crippen molar-refractivity contribution in [3.05, 3.63) is 47.0 Å². The van der Waals surface area contributed by atoms with Gasteiger partial charge in [0.2, 0.25) is 5.91 Å². The highest BCUT2D eigenvalue weighted by Gasteiger charge is 2.24. The molecule has 2 aromatic carbocycles. The van der Waals surface area contributed by atoms with Crippen LogP contribution < -0.4 is 15.4 Å². The number of nitrogens with one attached hydrogen (secondary N) is 2. The molecule has 3 rings (SSSR count). The van der Waals surface area contributed by atoms with E-state index in [1.165, 1.54) is 0 Å². The Bertz CT molecular complexity index is 841. The zero-order valence-electron chi connectivity index (χ0n) is 13.6. The first kappa shape index (κ1) is 16.3. The molecule has 2 N–H and O–H groups in total. The van der Waals surface area contributed by atoms with Crippen molar-refractivity contribution in [3.8, 4) is 11.5 Å². The Labute approximate surface area is 145 Å².